The van der Waals surface area contributed by atoms with E-state index in [1.54, 1.807) is 26.0 Å². The lowest BCUT2D eigenvalue weighted by atomic mass is 10.0. The highest BCUT2D eigenvalue weighted by Crippen LogP contribution is 2.28. The molecule has 1 saturated heterocycles. The lowest BCUT2D eigenvalue weighted by Crippen LogP contribution is -2.52. The van der Waals surface area contributed by atoms with Crippen LogP contribution in [0.3, 0.4) is 0 Å². The van der Waals surface area contributed by atoms with Gasteiger partial charge < -0.3 is 16.0 Å². The normalized spacial score (nSPS) is 20.0. The molecular formula is C18H22N4O4. The minimum absolute atomic E-state index is 0.215. The van der Waals surface area contributed by atoms with Gasteiger partial charge in [-0.15, -0.1) is 0 Å². The van der Waals surface area contributed by atoms with Crippen molar-refractivity contribution in [1.29, 1.82) is 0 Å². The Hall–Kier alpha value is -2.74. The first-order valence-electron chi connectivity index (χ1n) is 8.50. The van der Waals surface area contributed by atoms with E-state index in [1.165, 1.54) is 4.90 Å². The van der Waals surface area contributed by atoms with Crippen molar-refractivity contribution in [3.8, 4) is 0 Å². The van der Waals surface area contributed by atoms with Gasteiger partial charge in [0.05, 0.1) is 5.54 Å². The van der Waals surface area contributed by atoms with Crippen LogP contribution in [0.5, 0.6) is 0 Å². The topological polar surface area (TPSA) is 122 Å². The quantitative estimate of drug-likeness (QED) is 0.644. The summed E-state index contributed by atoms with van der Waals surface area (Å²) >= 11 is 0. The summed E-state index contributed by atoms with van der Waals surface area (Å²) < 4.78 is 0. The number of hydrogen-bond donors (Lipinski definition) is 3. The molecule has 26 heavy (non-hydrogen) atoms. The van der Waals surface area contributed by atoms with Crippen molar-refractivity contribution in [2.24, 2.45) is 5.73 Å². The maximum atomic E-state index is 12.6. The van der Waals surface area contributed by atoms with Gasteiger partial charge in [0.1, 0.15) is 6.04 Å². The van der Waals surface area contributed by atoms with E-state index >= 15 is 0 Å². The average molecular weight is 358 g/mol. The highest BCUT2D eigenvalue weighted by atomic mass is 16.2. The molecule has 0 spiro atoms. The molecule has 4 N–H and O–H groups in total. The number of nitrogens with one attached hydrogen (secondary N) is 2. The van der Waals surface area contributed by atoms with E-state index in [1.807, 2.05) is 6.07 Å². The molecule has 1 aromatic rings. The molecule has 8 nitrogen and oxygen atoms in total. The third kappa shape index (κ3) is 3.45. The van der Waals surface area contributed by atoms with Crippen molar-refractivity contribution in [1.82, 2.24) is 15.5 Å². The van der Waals surface area contributed by atoms with Crippen LogP contribution in [0.2, 0.25) is 0 Å². The zero-order chi connectivity index (χ0) is 19.1. The van der Waals surface area contributed by atoms with Crippen LogP contribution in [0, 0.1) is 0 Å². The summed E-state index contributed by atoms with van der Waals surface area (Å²) in [4.78, 5) is 49.3. The van der Waals surface area contributed by atoms with E-state index in [0.29, 0.717) is 25.1 Å². The number of rotatable bonds is 4. The number of nitrogens with zero attached hydrogens (tertiary/aromatic N) is 1. The molecule has 1 atom stereocenters. The molecule has 3 rings (SSSR count). The molecule has 8 heteroatoms. The van der Waals surface area contributed by atoms with Crippen molar-refractivity contribution in [3.63, 3.8) is 0 Å². The molecule has 1 fully saturated rings. The van der Waals surface area contributed by atoms with Gasteiger partial charge in [-0.1, -0.05) is 12.1 Å². The first-order chi connectivity index (χ1) is 12.2. The minimum Gasteiger partial charge on any atom is -0.350 e. The summed E-state index contributed by atoms with van der Waals surface area (Å²) in [5, 5.41) is 5.04. The highest BCUT2D eigenvalue weighted by molar-refractivity contribution is 6.05. The SMILES string of the molecule is CC(C)(N)C(=O)NCc1ccc2c(c1)CN(C1CCC(=O)NC1=O)C2=O. The van der Waals surface area contributed by atoms with Crippen LogP contribution < -0.4 is 16.4 Å². The van der Waals surface area contributed by atoms with Crippen molar-refractivity contribution in [2.75, 3.05) is 0 Å². The number of carbonyl (C=O) groups is 4. The second-order valence-electron chi connectivity index (χ2n) is 7.30. The zero-order valence-corrected chi connectivity index (χ0v) is 14.8. The van der Waals surface area contributed by atoms with Gasteiger partial charge in [0.15, 0.2) is 0 Å². The highest BCUT2D eigenvalue weighted by Gasteiger charge is 2.39. The van der Waals surface area contributed by atoms with Gasteiger partial charge in [-0.05, 0) is 37.5 Å². The van der Waals surface area contributed by atoms with E-state index in [0.717, 1.165) is 11.1 Å². The third-order valence-corrected chi connectivity index (χ3v) is 4.63. The van der Waals surface area contributed by atoms with Crippen molar-refractivity contribution in [2.45, 2.75) is 51.4 Å². The molecule has 1 unspecified atom stereocenters. The largest absolute Gasteiger partial charge is 0.350 e. The molecule has 1 aromatic carbocycles. The number of nitrogens with two attached hydrogens (primary N) is 1. The van der Waals surface area contributed by atoms with E-state index in [9.17, 15) is 19.2 Å². The monoisotopic (exact) mass is 358 g/mol. The van der Waals surface area contributed by atoms with Crippen molar-refractivity contribution in [3.05, 3.63) is 34.9 Å². The Labute approximate surface area is 151 Å². The molecule has 2 aliphatic heterocycles. The molecular weight excluding hydrogens is 336 g/mol. The second kappa shape index (κ2) is 6.53. The van der Waals surface area contributed by atoms with Crippen molar-refractivity contribution >= 4 is 23.6 Å². The van der Waals surface area contributed by atoms with E-state index in [-0.39, 0.29) is 24.1 Å². The first-order valence-corrected chi connectivity index (χ1v) is 8.50. The van der Waals surface area contributed by atoms with E-state index < -0.39 is 17.5 Å². The number of carbonyl (C=O) groups excluding carboxylic acids is 4. The summed E-state index contributed by atoms with van der Waals surface area (Å²) in [6, 6.07) is 4.70. The molecule has 0 bridgehead atoms. The fourth-order valence-electron chi connectivity index (χ4n) is 3.15. The van der Waals surface area contributed by atoms with Crippen LogP contribution >= 0.6 is 0 Å². The predicted molar refractivity (Wildman–Crippen MR) is 92.6 cm³/mol. The average Bonchev–Trinajstić information content (AvgIpc) is 2.88. The van der Waals surface area contributed by atoms with Gasteiger partial charge in [-0.2, -0.15) is 0 Å². The second-order valence-corrected chi connectivity index (χ2v) is 7.30. The fraction of sp³-hybridized carbons (Fsp3) is 0.444. The predicted octanol–water partition coefficient (Wildman–Crippen LogP) is -0.199. The van der Waals surface area contributed by atoms with Gasteiger partial charge in [-0.3, -0.25) is 24.5 Å². The molecule has 138 valence electrons. The summed E-state index contributed by atoms with van der Waals surface area (Å²) in [6.07, 6.45) is 0.557. The Kier molecular flexibility index (Phi) is 4.53. The molecule has 0 aromatic heterocycles. The number of benzene rings is 1. The van der Waals surface area contributed by atoms with Crippen molar-refractivity contribution < 1.29 is 19.2 Å². The zero-order valence-electron chi connectivity index (χ0n) is 14.8. The Morgan fingerprint density at radius 2 is 2.08 bits per heavy atom. The first kappa shape index (κ1) is 18.1. The number of fused-ring (bicyclic) bond motifs is 1. The number of amides is 4. The van der Waals surface area contributed by atoms with Gasteiger partial charge >= 0.3 is 0 Å². The minimum atomic E-state index is -0.963. The Bertz CT molecular complexity index is 797. The number of hydrogen-bond acceptors (Lipinski definition) is 5. The van der Waals surface area contributed by atoms with Gasteiger partial charge in [0, 0.05) is 25.1 Å². The smallest absolute Gasteiger partial charge is 0.255 e. The summed E-state index contributed by atoms with van der Waals surface area (Å²) in [7, 11) is 0. The number of piperidine rings is 1. The summed E-state index contributed by atoms with van der Waals surface area (Å²) in [5.41, 5.74) is 6.98. The van der Waals surface area contributed by atoms with Crippen LogP contribution in [-0.2, 0) is 27.5 Å². The summed E-state index contributed by atoms with van der Waals surface area (Å²) in [5.74, 6) is -1.22. The maximum absolute atomic E-state index is 12.6. The van der Waals surface area contributed by atoms with Crippen LogP contribution in [0.25, 0.3) is 0 Å². The lowest BCUT2D eigenvalue weighted by molar-refractivity contribution is -0.137. The van der Waals surface area contributed by atoms with Crippen LogP contribution in [0.4, 0.5) is 0 Å². The van der Waals surface area contributed by atoms with E-state index in [4.69, 9.17) is 5.73 Å². The molecule has 0 saturated carbocycles. The fourth-order valence-corrected chi connectivity index (χ4v) is 3.15. The van der Waals surface area contributed by atoms with Gasteiger partial charge in [0.2, 0.25) is 17.7 Å². The Morgan fingerprint density at radius 3 is 2.73 bits per heavy atom. The Balaban J connectivity index is 1.71. The Morgan fingerprint density at radius 1 is 1.35 bits per heavy atom. The van der Waals surface area contributed by atoms with Crippen LogP contribution in [0.15, 0.2) is 18.2 Å². The maximum Gasteiger partial charge on any atom is 0.255 e. The molecule has 0 aliphatic carbocycles. The molecule has 4 amide bonds. The third-order valence-electron chi connectivity index (χ3n) is 4.63. The molecule has 0 radical (unpaired) electrons. The van der Waals surface area contributed by atoms with Crippen LogP contribution in [0.1, 0.15) is 48.2 Å². The van der Waals surface area contributed by atoms with Crippen LogP contribution in [-0.4, -0.2) is 40.1 Å². The van der Waals surface area contributed by atoms with Gasteiger partial charge in [0.25, 0.3) is 5.91 Å². The van der Waals surface area contributed by atoms with E-state index in [2.05, 4.69) is 10.6 Å². The lowest BCUT2D eigenvalue weighted by Gasteiger charge is -2.29. The standard InChI is InChI=1S/C18H22N4O4/c1-18(2,19)17(26)20-8-10-3-4-12-11(7-10)9-22(16(12)25)13-5-6-14(23)21-15(13)24/h3-4,7,13H,5-6,8-9,19H2,1-2H3,(H,20,26)(H,21,23,24). The number of imide groups is 1. The molecule has 2 aliphatic rings. The summed E-state index contributed by atoms with van der Waals surface area (Å²) in [6.45, 7) is 3.87. The molecule has 2 heterocycles. The van der Waals surface area contributed by atoms with Gasteiger partial charge in [-0.25, -0.2) is 0 Å².